The number of piperazine rings is 1. The normalized spacial score (nSPS) is 17.2. The summed E-state index contributed by atoms with van der Waals surface area (Å²) in [5.74, 6) is 1.34. The van der Waals surface area contributed by atoms with Crippen LogP contribution in [0.4, 0.5) is 17.1 Å². The number of rotatable bonds is 12. The fraction of sp³-hybridized carbons (Fsp3) is 0.404. The van der Waals surface area contributed by atoms with E-state index in [-0.39, 0.29) is 16.5 Å². The number of sulfone groups is 1. The first-order valence-electron chi connectivity index (χ1n) is 21.4. The van der Waals surface area contributed by atoms with Crippen LogP contribution < -0.4 is 20.3 Å². The number of benzene rings is 3. The van der Waals surface area contributed by atoms with Gasteiger partial charge in [-0.15, -0.1) is 0 Å². The number of aromatic amines is 1. The van der Waals surface area contributed by atoms with Gasteiger partial charge in [0.2, 0.25) is 0 Å². The smallest absolute Gasteiger partial charge is 0.293 e. The number of ether oxygens (including phenoxy) is 2. The highest BCUT2D eigenvalue weighted by Crippen LogP contribution is 2.43. The molecular formula is C47H56ClN7O7S. The van der Waals surface area contributed by atoms with Crippen LogP contribution in [0.25, 0.3) is 16.6 Å². The van der Waals surface area contributed by atoms with E-state index in [0.29, 0.717) is 53.8 Å². The van der Waals surface area contributed by atoms with Gasteiger partial charge in [0.1, 0.15) is 22.8 Å². The number of anilines is 2. The van der Waals surface area contributed by atoms with Gasteiger partial charge in [-0.1, -0.05) is 43.2 Å². The average molecular weight is 899 g/mol. The lowest BCUT2D eigenvalue weighted by Gasteiger charge is -2.39. The number of carbonyl (C=O) groups is 1. The van der Waals surface area contributed by atoms with Crippen LogP contribution in [-0.4, -0.2) is 99.9 Å². The number of nitrogens with one attached hydrogen (secondary N) is 3. The second-order valence-electron chi connectivity index (χ2n) is 17.3. The van der Waals surface area contributed by atoms with Crippen molar-refractivity contribution in [3.05, 3.63) is 117 Å². The maximum atomic E-state index is 12.7. The van der Waals surface area contributed by atoms with Gasteiger partial charge < -0.3 is 30.0 Å². The van der Waals surface area contributed by atoms with Gasteiger partial charge in [-0.25, -0.2) is 13.4 Å². The number of hydrogen-bond acceptors (Lipinski definition) is 11. The highest BCUT2D eigenvalue weighted by Gasteiger charge is 2.30. The van der Waals surface area contributed by atoms with E-state index in [4.69, 9.17) is 21.1 Å². The summed E-state index contributed by atoms with van der Waals surface area (Å²) in [6.07, 6.45) is 9.84. The van der Waals surface area contributed by atoms with Gasteiger partial charge in [-0.2, -0.15) is 0 Å². The Balaban J connectivity index is 0.000000238. The summed E-state index contributed by atoms with van der Waals surface area (Å²) in [5.41, 5.74) is 7.13. The predicted molar refractivity (Wildman–Crippen MR) is 249 cm³/mol. The van der Waals surface area contributed by atoms with Crippen LogP contribution in [0.2, 0.25) is 5.02 Å². The van der Waals surface area contributed by atoms with E-state index in [0.717, 1.165) is 92.5 Å². The van der Waals surface area contributed by atoms with E-state index in [1.165, 1.54) is 29.7 Å². The lowest BCUT2D eigenvalue weighted by molar-refractivity contribution is -0.384. The molecule has 0 unspecified atom stereocenters. The van der Waals surface area contributed by atoms with Crippen LogP contribution >= 0.6 is 11.6 Å². The van der Waals surface area contributed by atoms with Gasteiger partial charge in [0.15, 0.2) is 9.84 Å². The Bertz CT molecular complexity index is 2560. The summed E-state index contributed by atoms with van der Waals surface area (Å²) in [6.45, 7) is 11.5. The fourth-order valence-corrected chi connectivity index (χ4v) is 9.13. The molecule has 0 atom stereocenters. The third kappa shape index (κ3) is 11.8. The molecule has 16 heteroatoms. The lowest BCUT2D eigenvalue weighted by atomic mass is 9.72. The minimum Gasteiger partial charge on any atom is -0.455 e. The van der Waals surface area contributed by atoms with Crippen LogP contribution in [0.1, 0.15) is 61.9 Å². The summed E-state index contributed by atoms with van der Waals surface area (Å²) in [6, 6.07) is 22.0. The van der Waals surface area contributed by atoms with E-state index < -0.39 is 14.8 Å². The van der Waals surface area contributed by atoms with E-state index in [1.54, 1.807) is 18.8 Å². The standard InChI is InChI=1S/C34H38ClN5O2.C13H18N2O5S/c1-34(2)12-10-25(30(20-34)23-4-6-26(35)7-5-23)22-39-14-16-40(17-15-39)27-8-9-29(33(41)36-3)31(19-27)42-28-18-24-11-13-37-32(24)38-21-28;1-21(18,19)11-2-3-12(13(8-11)15(16)17)14-9-10-4-6-20-7-5-10/h4-9,11,13,18-19,21H,10,12,14-17,20,22H2,1-3H3,(H,36,41)(H,37,38);2-3,8,10,14H,4-7,9H2,1H3. The molecule has 2 aromatic heterocycles. The van der Waals surface area contributed by atoms with E-state index in [9.17, 15) is 23.3 Å². The molecule has 3 aromatic carbocycles. The van der Waals surface area contributed by atoms with Crippen LogP contribution in [0.5, 0.6) is 11.5 Å². The summed E-state index contributed by atoms with van der Waals surface area (Å²) in [7, 11) is -1.83. The first-order valence-corrected chi connectivity index (χ1v) is 23.6. The molecule has 2 fully saturated rings. The number of pyridine rings is 1. The molecule has 5 aromatic rings. The monoisotopic (exact) mass is 897 g/mol. The maximum absolute atomic E-state index is 12.7. The fourth-order valence-electron chi connectivity index (χ4n) is 8.36. The van der Waals surface area contributed by atoms with Gasteiger partial charge in [0.25, 0.3) is 11.6 Å². The van der Waals surface area contributed by atoms with Crippen molar-refractivity contribution in [3.8, 4) is 11.5 Å². The number of amides is 1. The Labute approximate surface area is 374 Å². The van der Waals surface area contributed by atoms with Gasteiger partial charge in [-0.3, -0.25) is 19.8 Å². The highest BCUT2D eigenvalue weighted by molar-refractivity contribution is 7.90. The molecule has 14 nitrogen and oxygen atoms in total. The number of allylic oxidation sites excluding steroid dienone is 1. The zero-order valence-electron chi connectivity index (χ0n) is 36.3. The quantitative estimate of drug-likeness (QED) is 0.0806. The van der Waals surface area contributed by atoms with Crippen molar-refractivity contribution in [1.29, 1.82) is 0 Å². The zero-order valence-corrected chi connectivity index (χ0v) is 37.9. The Morgan fingerprint density at radius 1 is 1.03 bits per heavy atom. The molecule has 0 bridgehead atoms. The molecule has 2 saturated heterocycles. The minimum absolute atomic E-state index is 0.0502. The van der Waals surface area contributed by atoms with E-state index >= 15 is 0 Å². The third-order valence-electron chi connectivity index (χ3n) is 12.1. The summed E-state index contributed by atoms with van der Waals surface area (Å²) in [5, 5.41) is 18.6. The lowest BCUT2D eigenvalue weighted by Crippen LogP contribution is -2.47. The SMILES string of the molecule is CNC(=O)c1ccc(N2CCN(CC3=C(c4ccc(Cl)cc4)CC(C)(C)CC3)CC2)cc1Oc1cnc2[nH]ccc2c1.CS(=O)(=O)c1ccc(NCC2CCOCC2)c([N+](=O)[O-])c1. The first-order chi connectivity index (χ1) is 30.2. The molecule has 63 heavy (non-hydrogen) atoms. The molecule has 0 spiro atoms. The number of carbonyl (C=O) groups excluding carboxylic acids is 1. The Kier molecular flexibility index (Phi) is 14.4. The molecule has 0 saturated carbocycles. The Hall–Kier alpha value is -5.48. The third-order valence-corrected chi connectivity index (χ3v) is 13.4. The maximum Gasteiger partial charge on any atom is 0.293 e. The van der Waals surface area contributed by atoms with Crippen molar-refractivity contribution in [3.63, 3.8) is 0 Å². The number of nitrogens with zero attached hydrogens (tertiary/aromatic N) is 4. The van der Waals surface area contributed by atoms with Crippen LogP contribution in [0.15, 0.2) is 95.7 Å². The average Bonchev–Trinajstić information content (AvgIpc) is 3.75. The number of nitro benzene ring substituents is 1. The van der Waals surface area contributed by atoms with Crippen LogP contribution in [0, 0.1) is 21.4 Å². The van der Waals surface area contributed by atoms with Crippen molar-refractivity contribution in [2.24, 2.45) is 11.3 Å². The van der Waals surface area contributed by atoms with Crippen molar-refractivity contribution in [2.75, 3.05) is 76.0 Å². The van der Waals surface area contributed by atoms with Gasteiger partial charge in [0, 0.05) is 100 Å². The second kappa shape index (κ2) is 19.9. The van der Waals surface area contributed by atoms with Crippen molar-refractivity contribution in [2.45, 2.75) is 50.8 Å². The molecule has 3 aliphatic rings. The Morgan fingerprint density at radius 3 is 2.48 bits per heavy atom. The minimum atomic E-state index is -3.46. The van der Waals surface area contributed by atoms with Crippen molar-refractivity contribution >= 4 is 61.0 Å². The number of halogens is 1. The number of hydrogen-bond donors (Lipinski definition) is 3. The summed E-state index contributed by atoms with van der Waals surface area (Å²) < 4.78 is 34.5. The molecule has 2 aliphatic heterocycles. The zero-order chi connectivity index (χ0) is 44.7. The molecule has 0 radical (unpaired) electrons. The molecule has 1 aliphatic carbocycles. The molecule has 334 valence electrons. The topological polar surface area (TPSA) is 172 Å². The van der Waals surface area contributed by atoms with Crippen molar-refractivity contribution in [1.82, 2.24) is 20.2 Å². The molecule has 8 rings (SSSR count). The molecule has 3 N–H and O–H groups in total. The van der Waals surface area contributed by atoms with Crippen molar-refractivity contribution < 1.29 is 27.6 Å². The van der Waals surface area contributed by atoms with Crippen LogP contribution in [0.3, 0.4) is 0 Å². The first kappa shape index (κ1) is 45.5. The Morgan fingerprint density at radius 2 is 1.78 bits per heavy atom. The number of aromatic nitrogens is 2. The summed E-state index contributed by atoms with van der Waals surface area (Å²) >= 11 is 6.20. The highest BCUT2D eigenvalue weighted by atomic mass is 35.5. The predicted octanol–water partition coefficient (Wildman–Crippen LogP) is 8.99. The molecule has 1 amide bonds. The summed E-state index contributed by atoms with van der Waals surface area (Å²) in [4.78, 5) is 35.6. The molecular weight excluding hydrogens is 842 g/mol. The van der Waals surface area contributed by atoms with E-state index in [1.807, 2.05) is 48.7 Å². The number of fused-ring (bicyclic) bond motifs is 1. The van der Waals surface area contributed by atoms with E-state index in [2.05, 4.69) is 56.4 Å². The second-order valence-corrected chi connectivity index (χ2v) is 19.7. The van der Waals surface area contributed by atoms with Gasteiger partial charge in [0.05, 0.1) is 21.6 Å². The van der Waals surface area contributed by atoms with Crippen LogP contribution in [-0.2, 0) is 14.6 Å². The largest absolute Gasteiger partial charge is 0.455 e. The molecule has 4 heterocycles. The van der Waals surface area contributed by atoms with Gasteiger partial charge in [-0.05, 0) is 103 Å². The number of nitro groups is 1. The van der Waals surface area contributed by atoms with Gasteiger partial charge >= 0.3 is 0 Å². The number of H-pyrrole nitrogens is 1.